The first-order valence-corrected chi connectivity index (χ1v) is 9.18. The van der Waals surface area contributed by atoms with E-state index in [1.807, 2.05) is 34.7 Å². The van der Waals surface area contributed by atoms with Crippen molar-refractivity contribution >= 4 is 23.9 Å². The van der Waals surface area contributed by atoms with Crippen molar-refractivity contribution in [1.82, 2.24) is 20.0 Å². The first kappa shape index (κ1) is 18.5. The highest BCUT2D eigenvalue weighted by molar-refractivity contribution is 8.03. The number of hydrogen-bond donors (Lipinski definition) is 2. The minimum Gasteiger partial charge on any atom is -0.362 e. The van der Waals surface area contributed by atoms with Gasteiger partial charge in [0.15, 0.2) is 0 Å². The molecule has 7 heteroatoms. The molecule has 2 rings (SSSR count). The first-order valence-electron chi connectivity index (χ1n) is 8.20. The molecule has 1 aromatic heterocycles. The molecule has 1 aliphatic heterocycles. The Morgan fingerprint density at radius 3 is 2.71 bits per heavy atom. The minimum atomic E-state index is -0.424. The van der Waals surface area contributed by atoms with Gasteiger partial charge in [0.05, 0.1) is 11.3 Å². The van der Waals surface area contributed by atoms with E-state index in [1.54, 1.807) is 17.8 Å². The molecule has 132 valence electrons. The van der Waals surface area contributed by atoms with Crippen LogP contribution in [0.2, 0.25) is 0 Å². The second-order valence-electron chi connectivity index (χ2n) is 6.89. The predicted molar refractivity (Wildman–Crippen MR) is 99.4 cm³/mol. The third-order valence-electron chi connectivity index (χ3n) is 3.76. The van der Waals surface area contributed by atoms with E-state index in [0.29, 0.717) is 12.1 Å². The summed E-state index contributed by atoms with van der Waals surface area (Å²) in [6.07, 6.45) is 2.52. The van der Waals surface area contributed by atoms with Gasteiger partial charge in [-0.2, -0.15) is 4.68 Å². The molecule has 0 spiro atoms. The molecule has 0 unspecified atom stereocenters. The minimum absolute atomic E-state index is 0.289. The van der Waals surface area contributed by atoms with E-state index in [1.165, 1.54) is 0 Å². The maximum atomic E-state index is 12.7. The second kappa shape index (κ2) is 7.36. The molecule has 0 atom stereocenters. The Morgan fingerprint density at radius 1 is 1.46 bits per heavy atom. The summed E-state index contributed by atoms with van der Waals surface area (Å²) >= 11 is 1.72. The normalized spacial score (nSPS) is 14.7. The monoisotopic (exact) mass is 350 g/mol. The largest absolute Gasteiger partial charge is 0.362 e. The second-order valence-corrected chi connectivity index (χ2v) is 7.97. The van der Waals surface area contributed by atoms with Crippen LogP contribution in [0.5, 0.6) is 0 Å². The molecule has 1 amide bonds. The van der Waals surface area contributed by atoms with Gasteiger partial charge in [-0.1, -0.05) is 45.2 Å². The lowest BCUT2D eigenvalue weighted by Gasteiger charge is -2.17. The highest BCUT2D eigenvalue weighted by Gasteiger charge is 2.25. The van der Waals surface area contributed by atoms with Crippen LogP contribution in [0.25, 0.3) is 6.08 Å². The Hall–Kier alpha value is -1.85. The van der Waals surface area contributed by atoms with Gasteiger partial charge in [-0.15, -0.1) is 0 Å². The molecular weight excluding hydrogens is 324 g/mol. The summed E-state index contributed by atoms with van der Waals surface area (Å²) in [6, 6.07) is -0.424. The van der Waals surface area contributed by atoms with E-state index < -0.39 is 6.03 Å². The van der Waals surface area contributed by atoms with Crippen molar-refractivity contribution in [2.45, 2.75) is 39.5 Å². The number of thioether (sulfide) groups is 1. The van der Waals surface area contributed by atoms with Crippen LogP contribution >= 0.6 is 11.8 Å². The van der Waals surface area contributed by atoms with Crippen LogP contribution in [0.4, 0.5) is 4.79 Å². The topological polar surface area (TPSA) is 70.1 Å². The Kier molecular flexibility index (Phi) is 5.67. The highest BCUT2D eigenvalue weighted by atomic mass is 32.2. The van der Waals surface area contributed by atoms with E-state index >= 15 is 0 Å². The molecule has 0 bridgehead atoms. The SMILES string of the molecule is CCCNC(=O)n1[nH]c(C(C)(C)C)c(C=C=C2SCCN2C)c1=O. The van der Waals surface area contributed by atoms with Gasteiger partial charge in [0.1, 0.15) is 5.03 Å². The summed E-state index contributed by atoms with van der Waals surface area (Å²) in [7, 11) is 2.01. The summed E-state index contributed by atoms with van der Waals surface area (Å²) < 4.78 is 1.06. The summed E-state index contributed by atoms with van der Waals surface area (Å²) in [4.78, 5) is 27.0. The van der Waals surface area contributed by atoms with E-state index in [-0.39, 0.29) is 11.0 Å². The molecule has 24 heavy (non-hydrogen) atoms. The van der Waals surface area contributed by atoms with Crippen molar-refractivity contribution in [3.05, 3.63) is 32.4 Å². The molecule has 0 saturated carbocycles. The molecule has 2 heterocycles. The average Bonchev–Trinajstić information content (AvgIpc) is 3.06. The van der Waals surface area contributed by atoms with Gasteiger partial charge in [0, 0.05) is 31.3 Å². The third-order valence-corrected chi connectivity index (χ3v) is 4.85. The standard InChI is InChI=1S/C17H26N4O2S/c1-6-9-18-16(23)21-15(22)12(14(19-21)17(2,3)4)7-8-13-20(5)10-11-24-13/h7,19H,6,9-11H2,1-5H3,(H,18,23). The number of rotatable bonds is 3. The van der Waals surface area contributed by atoms with Crippen LogP contribution in [0.3, 0.4) is 0 Å². The zero-order chi connectivity index (χ0) is 17.9. The lowest BCUT2D eigenvalue weighted by atomic mass is 9.89. The molecule has 0 radical (unpaired) electrons. The van der Waals surface area contributed by atoms with Crippen molar-refractivity contribution in [1.29, 1.82) is 0 Å². The number of hydrogen-bond acceptors (Lipinski definition) is 4. The molecule has 1 aliphatic rings. The van der Waals surface area contributed by atoms with Crippen LogP contribution in [0.1, 0.15) is 45.4 Å². The molecule has 0 aliphatic carbocycles. The number of aromatic amines is 1. The van der Waals surface area contributed by atoms with Gasteiger partial charge < -0.3 is 10.2 Å². The number of nitrogens with zero attached hydrogens (tertiary/aromatic N) is 2. The van der Waals surface area contributed by atoms with Gasteiger partial charge in [-0.3, -0.25) is 9.89 Å². The van der Waals surface area contributed by atoms with Gasteiger partial charge >= 0.3 is 6.03 Å². The number of carbonyl (C=O) groups is 1. The van der Waals surface area contributed by atoms with Crippen molar-refractivity contribution in [3.8, 4) is 0 Å². The molecule has 1 saturated heterocycles. The maximum absolute atomic E-state index is 12.7. The Labute approximate surface area is 147 Å². The summed E-state index contributed by atoms with van der Waals surface area (Å²) in [5, 5.41) is 6.71. The van der Waals surface area contributed by atoms with E-state index in [2.05, 4.69) is 21.0 Å². The van der Waals surface area contributed by atoms with E-state index in [9.17, 15) is 9.59 Å². The fourth-order valence-corrected chi connectivity index (χ4v) is 3.40. The first-order chi connectivity index (χ1) is 11.3. The molecule has 6 nitrogen and oxygen atoms in total. The maximum Gasteiger partial charge on any atom is 0.343 e. The van der Waals surface area contributed by atoms with Crippen LogP contribution in [0.15, 0.2) is 15.6 Å². The Bertz CT molecular complexity index is 733. The van der Waals surface area contributed by atoms with Gasteiger partial charge in [-0.25, -0.2) is 4.79 Å². The number of amides is 1. The van der Waals surface area contributed by atoms with Crippen molar-refractivity contribution in [2.75, 3.05) is 25.9 Å². The average molecular weight is 350 g/mol. The van der Waals surface area contributed by atoms with Crippen molar-refractivity contribution in [2.24, 2.45) is 0 Å². The predicted octanol–water partition coefficient (Wildman–Crippen LogP) is 2.57. The molecule has 2 N–H and O–H groups in total. The highest BCUT2D eigenvalue weighted by Crippen LogP contribution is 2.26. The molecule has 0 aromatic carbocycles. The number of aromatic nitrogens is 2. The van der Waals surface area contributed by atoms with E-state index in [4.69, 9.17) is 0 Å². The summed E-state index contributed by atoms with van der Waals surface area (Å²) in [5.74, 6) is 1.02. The lowest BCUT2D eigenvalue weighted by molar-refractivity contribution is 0.238. The van der Waals surface area contributed by atoms with E-state index in [0.717, 1.165) is 34.1 Å². The summed E-state index contributed by atoms with van der Waals surface area (Å²) in [5.41, 5.74) is 3.80. The quantitative estimate of drug-likeness (QED) is 0.822. The van der Waals surface area contributed by atoms with Crippen LogP contribution in [-0.2, 0) is 5.41 Å². The lowest BCUT2D eigenvalue weighted by Crippen LogP contribution is -2.36. The van der Waals surface area contributed by atoms with Crippen LogP contribution in [-0.4, -0.2) is 46.6 Å². The zero-order valence-corrected chi connectivity index (χ0v) is 15.8. The fraction of sp³-hybridized carbons (Fsp3) is 0.588. The van der Waals surface area contributed by atoms with Gasteiger partial charge in [0.2, 0.25) is 0 Å². The Morgan fingerprint density at radius 2 is 2.17 bits per heavy atom. The number of carbonyl (C=O) groups excluding carboxylic acids is 1. The molecular formula is C17H26N4O2S. The molecule has 1 fully saturated rings. The number of H-pyrrole nitrogens is 1. The van der Waals surface area contributed by atoms with Gasteiger partial charge in [0.25, 0.3) is 5.56 Å². The van der Waals surface area contributed by atoms with Crippen LogP contribution in [0, 0.1) is 0 Å². The molecule has 1 aromatic rings. The zero-order valence-electron chi connectivity index (χ0n) is 15.0. The smallest absolute Gasteiger partial charge is 0.343 e. The van der Waals surface area contributed by atoms with Crippen molar-refractivity contribution in [3.63, 3.8) is 0 Å². The third kappa shape index (κ3) is 3.97. The van der Waals surface area contributed by atoms with Crippen LogP contribution < -0.4 is 10.9 Å². The Balaban J connectivity index is 2.49. The summed E-state index contributed by atoms with van der Waals surface area (Å²) in [6.45, 7) is 9.50. The van der Waals surface area contributed by atoms with Gasteiger partial charge in [-0.05, 0) is 12.5 Å². The number of nitrogens with one attached hydrogen (secondary N) is 2. The van der Waals surface area contributed by atoms with Crippen molar-refractivity contribution < 1.29 is 4.79 Å². The fourth-order valence-electron chi connectivity index (χ4n) is 2.39.